The average Bonchev–Trinajstić information content (AvgIpc) is 2.17. The molecular formula is C10H14FN3O2. The van der Waals surface area contributed by atoms with Crippen molar-refractivity contribution in [3.63, 3.8) is 0 Å². The molecule has 16 heavy (non-hydrogen) atoms. The van der Waals surface area contributed by atoms with Crippen LogP contribution in [-0.4, -0.2) is 27.1 Å². The molecule has 1 rings (SSSR count). The van der Waals surface area contributed by atoms with E-state index in [2.05, 4.69) is 15.3 Å². The number of rotatable bonds is 4. The van der Waals surface area contributed by atoms with Crippen molar-refractivity contribution in [1.29, 1.82) is 0 Å². The van der Waals surface area contributed by atoms with Gasteiger partial charge < -0.3 is 10.4 Å². The standard InChI is InChI=1S/C10H14FN3O2/c1-6(10(2,3)9(15)16)13-8-5-12-4-7(11)14-8/h4-6H,1-3H3,(H,13,14)(H,15,16). The molecule has 0 spiro atoms. The first-order valence-corrected chi connectivity index (χ1v) is 4.81. The van der Waals surface area contributed by atoms with Crippen LogP contribution in [0.4, 0.5) is 10.2 Å². The van der Waals surface area contributed by atoms with Gasteiger partial charge in [0.1, 0.15) is 5.82 Å². The maximum absolute atomic E-state index is 12.7. The van der Waals surface area contributed by atoms with Gasteiger partial charge in [-0.25, -0.2) is 0 Å². The van der Waals surface area contributed by atoms with Crippen LogP contribution in [0.5, 0.6) is 0 Å². The molecule has 0 bridgehead atoms. The summed E-state index contributed by atoms with van der Waals surface area (Å²) in [5.74, 6) is -1.41. The van der Waals surface area contributed by atoms with Crippen LogP contribution in [0, 0.1) is 11.4 Å². The van der Waals surface area contributed by atoms with E-state index in [1.807, 2.05) is 0 Å². The van der Waals surface area contributed by atoms with E-state index >= 15 is 0 Å². The quantitative estimate of drug-likeness (QED) is 0.815. The van der Waals surface area contributed by atoms with Crippen LogP contribution in [0.15, 0.2) is 12.4 Å². The third kappa shape index (κ3) is 2.65. The maximum Gasteiger partial charge on any atom is 0.311 e. The summed E-state index contributed by atoms with van der Waals surface area (Å²) in [5.41, 5.74) is -0.978. The molecule has 1 atom stereocenters. The second kappa shape index (κ2) is 4.42. The fraction of sp³-hybridized carbons (Fsp3) is 0.500. The second-order valence-electron chi connectivity index (χ2n) is 4.12. The van der Waals surface area contributed by atoms with Crippen LogP contribution in [0.2, 0.25) is 0 Å². The Morgan fingerprint density at radius 2 is 2.19 bits per heavy atom. The molecule has 0 aliphatic carbocycles. The Hall–Kier alpha value is -1.72. The third-order valence-corrected chi connectivity index (χ3v) is 2.60. The van der Waals surface area contributed by atoms with E-state index in [9.17, 15) is 9.18 Å². The summed E-state index contributed by atoms with van der Waals surface area (Å²) in [6, 6.07) is -0.402. The number of carboxylic acid groups (broad SMARTS) is 1. The molecule has 1 aromatic rings. The predicted octanol–water partition coefficient (Wildman–Crippen LogP) is 1.53. The largest absolute Gasteiger partial charge is 0.481 e. The van der Waals surface area contributed by atoms with Gasteiger partial charge in [-0.1, -0.05) is 0 Å². The van der Waals surface area contributed by atoms with Crippen LogP contribution >= 0.6 is 0 Å². The fourth-order valence-electron chi connectivity index (χ4n) is 0.999. The van der Waals surface area contributed by atoms with E-state index in [0.717, 1.165) is 6.20 Å². The van der Waals surface area contributed by atoms with E-state index in [4.69, 9.17) is 5.11 Å². The molecule has 0 amide bonds. The number of carboxylic acids is 1. The van der Waals surface area contributed by atoms with Crippen molar-refractivity contribution in [3.05, 3.63) is 18.3 Å². The zero-order valence-corrected chi connectivity index (χ0v) is 9.36. The Balaban J connectivity index is 2.79. The molecule has 1 aromatic heterocycles. The lowest BCUT2D eigenvalue weighted by Gasteiger charge is -2.28. The van der Waals surface area contributed by atoms with Gasteiger partial charge in [0.15, 0.2) is 0 Å². The Labute approximate surface area is 92.7 Å². The molecule has 0 aliphatic rings. The van der Waals surface area contributed by atoms with E-state index in [1.165, 1.54) is 6.20 Å². The average molecular weight is 227 g/mol. The van der Waals surface area contributed by atoms with Crippen molar-refractivity contribution in [3.8, 4) is 0 Å². The number of carbonyl (C=O) groups is 1. The lowest BCUT2D eigenvalue weighted by Crippen LogP contribution is -2.40. The monoisotopic (exact) mass is 227 g/mol. The molecule has 0 radical (unpaired) electrons. The predicted molar refractivity (Wildman–Crippen MR) is 56.5 cm³/mol. The molecule has 0 aliphatic heterocycles. The van der Waals surface area contributed by atoms with Gasteiger partial charge in [-0.15, -0.1) is 0 Å². The molecule has 0 saturated heterocycles. The van der Waals surface area contributed by atoms with Gasteiger partial charge in [-0.2, -0.15) is 9.37 Å². The molecule has 0 aromatic carbocycles. The Kier molecular flexibility index (Phi) is 3.41. The van der Waals surface area contributed by atoms with Crippen molar-refractivity contribution >= 4 is 11.8 Å². The summed E-state index contributed by atoms with van der Waals surface area (Å²) in [4.78, 5) is 18.1. The first kappa shape index (κ1) is 12.4. The summed E-state index contributed by atoms with van der Waals surface area (Å²) in [6.07, 6.45) is 2.33. The fourth-order valence-corrected chi connectivity index (χ4v) is 0.999. The molecule has 5 nitrogen and oxygen atoms in total. The third-order valence-electron chi connectivity index (χ3n) is 2.60. The summed E-state index contributed by atoms with van der Waals surface area (Å²) >= 11 is 0. The second-order valence-corrected chi connectivity index (χ2v) is 4.12. The van der Waals surface area contributed by atoms with Crippen molar-refractivity contribution < 1.29 is 14.3 Å². The lowest BCUT2D eigenvalue weighted by atomic mass is 9.85. The number of hydrogen-bond donors (Lipinski definition) is 2. The van der Waals surface area contributed by atoms with Gasteiger partial charge >= 0.3 is 5.97 Å². The normalized spacial score (nSPS) is 13.2. The SMILES string of the molecule is CC(Nc1cncc(F)n1)C(C)(C)C(=O)O. The summed E-state index contributed by atoms with van der Waals surface area (Å²) in [6.45, 7) is 4.86. The number of nitrogens with zero attached hydrogens (tertiary/aromatic N) is 2. The van der Waals surface area contributed by atoms with Gasteiger partial charge in [0, 0.05) is 6.04 Å². The van der Waals surface area contributed by atoms with Gasteiger partial charge in [0.25, 0.3) is 0 Å². The van der Waals surface area contributed by atoms with Crippen LogP contribution in [0.25, 0.3) is 0 Å². The summed E-state index contributed by atoms with van der Waals surface area (Å²) in [5, 5.41) is 11.8. The Morgan fingerprint density at radius 3 is 2.69 bits per heavy atom. The minimum atomic E-state index is -0.978. The van der Waals surface area contributed by atoms with Crippen molar-refractivity contribution in [1.82, 2.24) is 9.97 Å². The number of halogens is 1. The minimum absolute atomic E-state index is 0.224. The summed E-state index contributed by atoms with van der Waals surface area (Å²) < 4.78 is 12.7. The van der Waals surface area contributed by atoms with Crippen LogP contribution in [-0.2, 0) is 4.79 Å². The topological polar surface area (TPSA) is 75.1 Å². The highest BCUT2D eigenvalue weighted by atomic mass is 19.1. The van der Waals surface area contributed by atoms with Crippen LogP contribution < -0.4 is 5.32 Å². The number of nitrogens with one attached hydrogen (secondary N) is 1. The van der Waals surface area contributed by atoms with E-state index in [0.29, 0.717) is 0 Å². The zero-order valence-electron chi connectivity index (χ0n) is 9.36. The Morgan fingerprint density at radius 1 is 1.56 bits per heavy atom. The molecular weight excluding hydrogens is 213 g/mol. The molecule has 6 heteroatoms. The van der Waals surface area contributed by atoms with Gasteiger partial charge in [0.05, 0.1) is 17.8 Å². The number of aliphatic carboxylic acids is 1. The van der Waals surface area contributed by atoms with Gasteiger partial charge in [0.2, 0.25) is 5.95 Å². The highest BCUT2D eigenvalue weighted by molar-refractivity contribution is 5.75. The molecule has 1 heterocycles. The highest BCUT2D eigenvalue weighted by Crippen LogP contribution is 2.23. The number of hydrogen-bond acceptors (Lipinski definition) is 4. The van der Waals surface area contributed by atoms with E-state index in [1.54, 1.807) is 20.8 Å². The smallest absolute Gasteiger partial charge is 0.311 e. The maximum atomic E-state index is 12.7. The molecule has 2 N–H and O–H groups in total. The molecule has 1 unspecified atom stereocenters. The molecule has 0 saturated carbocycles. The molecule has 0 fully saturated rings. The van der Waals surface area contributed by atoms with Crippen molar-refractivity contribution in [2.45, 2.75) is 26.8 Å². The van der Waals surface area contributed by atoms with Crippen LogP contribution in [0.1, 0.15) is 20.8 Å². The number of aromatic nitrogens is 2. The van der Waals surface area contributed by atoms with Gasteiger partial charge in [-0.05, 0) is 20.8 Å². The molecule has 88 valence electrons. The van der Waals surface area contributed by atoms with Crippen molar-refractivity contribution in [2.24, 2.45) is 5.41 Å². The first-order valence-electron chi connectivity index (χ1n) is 4.81. The minimum Gasteiger partial charge on any atom is -0.481 e. The van der Waals surface area contributed by atoms with E-state index in [-0.39, 0.29) is 5.82 Å². The zero-order chi connectivity index (χ0) is 12.3. The number of anilines is 1. The van der Waals surface area contributed by atoms with Gasteiger partial charge in [-0.3, -0.25) is 9.78 Å². The van der Waals surface area contributed by atoms with Crippen LogP contribution in [0.3, 0.4) is 0 Å². The first-order chi connectivity index (χ1) is 7.34. The van der Waals surface area contributed by atoms with E-state index < -0.39 is 23.4 Å². The van der Waals surface area contributed by atoms with Crippen molar-refractivity contribution in [2.75, 3.05) is 5.32 Å². The summed E-state index contributed by atoms with van der Waals surface area (Å²) in [7, 11) is 0. The lowest BCUT2D eigenvalue weighted by molar-refractivity contribution is -0.147. The Bertz CT molecular complexity index is 395. The highest BCUT2D eigenvalue weighted by Gasteiger charge is 2.34.